The fourth-order valence-corrected chi connectivity index (χ4v) is 2.75. The molecule has 0 aromatic rings. The van der Waals surface area contributed by atoms with Crippen LogP contribution in [0.25, 0.3) is 0 Å². The molecule has 0 N–H and O–H groups in total. The van der Waals surface area contributed by atoms with E-state index in [1.54, 1.807) is 0 Å². The standard InChI is InChI=1S/C9H9NO2/c11-8-6-4-1-2-5(3-4)7(6)9(12)10-8/h1-2,4-7H,3H2,(H,10,11,12)/p-1/t4-,5+,6-,7+. The molecule has 3 aliphatic rings. The molecule has 0 spiro atoms. The maximum atomic E-state index is 11.2. The number of nitrogens with zero attached hydrogens (tertiary/aromatic N) is 1. The van der Waals surface area contributed by atoms with Gasteiger partial charge in [-0.1, -0.05) is 12.2 Å². The second-order valence-electron chi connectivity index (χ2n) is 3.79. The van der Waals surface area contributed by atoms with Crippen molar-refractivity contribution in [2.75, 3.05) is 0 Å². The van der Waals surface area contributed by atoms with Gasteiger partial charge in [-0.15, -0.1) is 0 Å². The predicted molar refractivity (Wildman–Crippen MR) is 40.2 cm³/mol. The Morgan fingerprint density at radius 1 is 1.33 bits per heavy atom. The van der Waals surface area contributed by atoms with Crippen LogP contribution in [0.1, 0.15) is 6.42 Å². The lowest BCUT2D eigenvalue weighted by Crippen LogP contribution is -2.31. The van der Waals surface area contributed by atoms with Gasteiger partial charge in [0.2, 0.25) is 5.91 Å². The van der Waals surface area contributed by atoms with Crippen molar-refractivity contribution in [3.05, 3.63) is 12.2 Å². The van der Waals surface area contributed by atoms with Crippen LogP contribution in [0.2, 0.25) is 0 Å². The molecule has 1 amide bonds. The Balaban J connectivity index is 2.09. The van der Waals surface area contributed by atoms with Crippen LogP contribution >= 0.6 is 0 Å². The largest absolute Gasteiger partial charge is 0.861 e. The maximum absolute atomic E-state index is 11.2. The molecule has 62 valence electrons. The van der Waals surface area contributed by atoms with Crippen molar-refractivity contribution in [2.45, 2.75) is 6.42 Å². The molecule has 3 heteroatoms. The molecule has 4 atom stereocenters. The highest BCUT2D eigenvalue weighted by atomic mass is 16.3. The number of hydrogen-bond acceptors (Lipinski definition) is 2. The second-order valence-corrected chi connectivity index (χ2v) is 3.79. The maximum Gasteiger partial charge on any atom is 0.249 e. The highest BCUT2D eigenvalue weighted by molar-refractivity contribution is 6.01. The number of rotatable bonds is 0. The molecule has 0 aromatic carbocycles. The lowest BCUT2D eigenvalue weighted by Gasteiger charge is -2.22. The second kappa shape index (κ2) is 1.79. The van der Waals surface area contributed by atoms with E-state index in [1.807, 2.05) is 0 Å². The molecule has 1 heterocycles. The van der Waals surface area contributed by atoms with E-state index in [2.05, 4.69) is 17.1 Å². The lowest BCUT2D eigenvalue weighted by atomic mass is 9.85. The monoisotopic (exact) mass is 162 g/mol. The summed E-state index contributed by atoms with van der Waals surface area (Å²) in [5, 5.41) is 11.2. The normalized spacial score (nSPS) is 48.3. The van der Waals surface area contributed by atoms with Crippen LogP contribution in [0, 0.1) is 23.7 Å². The zero-order valence-electron chi connectivity index (χ0n) is 6.43. The van der Waals surface area contributed by atoms with E-state index in [9.17, 15) is 9.90 Å². The molecule has 0 unspecified atom stereocenters. The number of aliphatic imine (C=N–C) groups is 1. The minimum atomic E-state index is -0.179. The predicted octanol–water partition coefficient (Wildman–Crippen LogP) is -0.276. The van der Waals surface area contributed by atoms with E-state index >= 15 is 0 Å². The molecule has 3 nitrogen and oxygen atoms in total. The summed E-state index contributed by atoms with van der Waals surface area (Å²) >= 11 is 0. The van der Waals surface area contributed by atoms with Crippen molar-refractivity contribution in [1.82, 2.24) is 0 Å². The summed E-state index contributed by atoms with van der Waals surface area (Å²) in [6.07, 6.45) is 5.12. The fraction of sp³-hybridized carbons (Fsp3) is 0.556. The van der Waals surface area contributed by atoms with Gasteiger partial charge in [0.15, 0.2) is 0 Å². The molecule has 2 bridgehead atoms. The number of amides is 1. The fourth-order valence-electron chi connectivity index (χ4n) is 2.75. The minimum absolute atomic E-state index is 0.0903. The summed E-state index contributed by atoms with van der Waals surface area (Å²) in [6.45, 7) is 0. The quantitative estimate of drug-likeness (QED) is 0.460. The first kappa shape index (κ1) is 6.40. The van der Waals surface area contributed by atoms with Crippen LogP contribution in [0.5, 0.6) is 0 Å². The summed E-state index contributed by atoms with van der Waals surface area (Å²) in [4.78, 5) is 14.7. The van der Waals surface area contributed by atoms with E-state index in [0.717, 1.165) is 6.42 Å². The Morgan fingerprint density at radius 2 is 2.00 bits per heavy atom. The Bertz CT molecular complexity index is 318. The Morgan fingerprint density at radius 3 is 2.67 bits per heavy atom. The third-order valence-corrected chi connectivity index (χ3v) is 3.25. The van der Waals surface area contributed by atoms with Crippen molar-refractivity contribution in [2.24, 2.45) is 28.7 Å². The summed E-state index contributed by atoms with van der Waals surface area (Å²) < 4.78 is 0. The molecule has 0 radical (unpaired) electrons. The van der Waals surface area contributed by atoms with E-state index in [-0.39, 0.29) is 23.6 Å². The van der Waals surface area contributed by atoms with Crippen LogP contribution < -0.4 is 5.11 Å². The van der Waals surface area contributed by atoms with E-state index < -0.39 is 0 Å². The first-order valence-corrected chi connectivity index (χ1v) is 4.25. The Kier molecular flexibility index (Phi) is 0.953. The molecule has 1 fully saturated rings. The first-order chi connectivity index (χ1) is 5.77. The average Bonchev–Trinajstić information content (AvgIpc) is 2.64. The smallest absolute Gasteiger partial charge is 0.249 e. The zero-order valence-corrected chi connectivity index (χ0v) is 6.43. The number of hydrogen-bond donors (Lipinski definition) is 0. The highest BCUT2D eigenvalue weighted by Gasteiger charge is 2.50. The summed E-state index contributed by atoms with van der Waals surface area (Å²) in [5.74, 6) is 0.0779. The van der Waals surface area contributed by atoms with Crippen molar-refractivity contribution in [3.63, 3.8) is 0 Å². The summed E-state index contributed by atoms with van der Waals surface area (Å²) in [6, 6.07) is 0. The van der Waals surface area contributed by atoms with Crippen LogP contribution in [0.4, 0.5) is 0 Å². The van der Waals surface area contributed by atoms with E-state index in [1.165, 1.54) is 0 Å². The van der Waals surface area contributed by atoms with Gasteiger partial charge in [0.25, 0.3) is 0 Å². The highest BCUT2D eigenvalue weighted by Crippen LogP contribution is 2.50. The van der Waals surface area contributed by atoms with E-state index in [4.69, 9.17) is 0 Å². The molecule has 1 aliphatic heterocycles. The number of carbonyl (C=O) groups is 1. The topological polar surface area (TPSA) is 52.5 Å². The summed E-state index contributed by atoms with van der Waals surface area (Å²) in [7, 11) is 0. The third-order valence-electron chi connectivity index (χ3n) is 3.25. The average molecular weight is 162 g/mol. The van der Waals surface area contributed by atoms with Crippen LogP contribution in [-0.4, -0.2) is 11.8 Å². The zero-order chi connectivity index (χ0) is 8.29. The molecule has 12 heavy (non-hydrogen) atoms. The molecule has 3 rings (SSSR count). The lowest BCUT2D eigenvalue weighted by molar-refractivity contribution is -0.223. The van der Waals surface area contributed by atoms with Gasteiger partial charge >= 0.3 is 0 Å². The van der Waals surface area contributed by atoms with Gasteiger partial charge < -0.3 is 5.11 Å². The van der Waals surface area contributed by atoms with Gasteiger partial charge in [-0.3, -0.25) is 4.79 Å². The first-order valence-electron chi connectivity index (χ1n) is 4.25. The van der Waals surface area contributed by atoms with Crippen molar-refractivity contribution in [3.8, 4) is 0 Å². The molecule has 0 aromatic heterocycles. The number of fused-ring (bicyclic) bond motifs is 5. The van der Waals surface area contributed by atoms with Crippen LogP contribution in [-0.2, 0) is 4.79 Å². The van der Waals surface area contributed by atoms with Crippen molar-refractivity contribution >= 4 is 11.8 Å². The van der Waals surface area contributed by atoms with Crippen LogP contribution in [0.3, 0.4) is 0 Å². The van der Waals surface area contributed by atoms with Crippen LogP contribution in [0.15, 0.2) is 17.1 Å². The molecule has 2 aliphatic carbocycles. The number of carbonyl (C=O) groups excluding carboxylic acids is 1. The Labute approximate surface area is 69.8 Å². The van der Waals surface area contributed by atoms with E-state index in [0.29, 0.717) is 11.8 Å². The number of allylic oxidation sites excluding steroid dienone is 2. The molecule has 1 saturated carbocycles. The SMILES string of the molecule is O=C1N=C([O-])[C@@H]2[C@H]1[C@@H]1C=C[C@H]2C1. The molecular formula is C9H8NO2-. The minimum Gasteiger partial charge on any atom is -0.861 e. The molecule has 0 saturated heterocycles. The van der Waals surface area contributed by atoms with Gasteiger partial charge in [0.1, 0.15) is 0 Å². The van der Waals surface area contributed by atoms with Crippen molar-refractivity contribution < 1.29 is 9.90 Å². The van der Waals surface area contributed by atoms with Crippen molar-refractivity contribution in [1.29, 1.82) is 0 Å². The van der Waals surface area contributed by atoms with Gasteiger partial charge in [-0.25, -0.2) is 4.99 Å². The van der Waals surface area contributed by atoms with Gasteiger partial charge in [0.05, 0.1) is 5.92 Å². The van der Waals surface area contributed by atoms with Gasteiger partial charge in [0, 0.05) is 5.92 Å². The Hall–Kier alpha value is -1.12. The van der Waals surface area contributed by atoms with Gasteiger partial charge in [-0.2, -0.15) is 0 Å². The third kappa shape index (κ3) is 0.543. The van der Waals surface area contributed by atoms with Gasteiger partial charge in [-0.05, 0) is 24.2 Å². The summed E-state index contributed by atoms with van der Waals surface area (Å²) in [5.41, 5.74) is 0. The molecular weight excluding hydrogens is 154 g/mol.